The first-order chi connectivity index (χ1) is 13.1. The topological polar surface area (TPSA) is 78.8 Å². The second kappa shape index (κ2) is 8.58. The molecule has 0 heterocycles. The molecule has 5 heteroatoms. The number of benzene rings is 3. The SMILES string of the molecule is O=C(CC(=NNC(=O)c1ccccc1O)c1ccccc1)c1ccccc1. The fourth-order valence-corrected chi connectivity index (χ4v) is 2.56. The van der Waals surface area contributed by atoms with Gasteiger partial charge in [0, 0.05) is 5.56 Å². The van der Waals surface area contributed by atoms with Crippen LogP contribution in [0, 0.1) is 0 Å². The van der Waals surface area contributed by atoms with Gasteiger partial charge in [0.05, 0.1) is 17.7 Å². The van der Waals surface area contributed by atoms with Crippen LogP contribution in [0.15, 0.2) is 90.0 Å². The Bertz CT molecular complexity index is 967. The van der Waals surface area contributed by atoms with E-state index < -0.39 is 5.91 Å². The van der Waals surface area contributed by atoms with Crippen molar-refractivity contribution in [2.45, 2.75) is 6.42 Å². The number of rotatable bonds is 6. The summed E-state index contributed by atoms with van der Waals surface area (Å²) in [5, 5.41) is 14.0. The van der Waals surface area contributed by atoms with Crippen molar-refractivity contribution in [3.63, 3.8) is 0 Å². The normalized spacial score (nSPS) is 11.0. The average molecular weight is 358 g/mol. The van der Waals surface area contributed by atoms with Gasteiger partial charge in [0.15, 0.2) is 5.78 Å². The molecule has 5 nitrogen and oxygen atoms in total. The number of carbonyl (C=O) groups is 2. The minimum absolute atomic E-state index is 0.0368. The Morgan fingerprint density at radius 3 is 1.96 bits per heavy atom. The molecule has 3 rings (SSSR count). The molecule has 27 heavy (non-hydrogen) atoms. The zero-order valence-electron chi connectivity index (χ0n) is 14.5. The number of ketones is 1. The largest absolute Gasteiger partial charge is 0.507 e. The van der Waals surface area contributed by atoms with Gasteiger partial charge in [-0.25, -0.2) is 5.43 Å². The van der Waals surface area contributed by atoms with E-state index in [1.165, 1.54) is 12.1 Å². The van der Waals surface area contributed by atoms with Crippen LogP contribution < -0.4 is 5.43 Å². The number of hydrogen-bond acceptors (Lipinski definition) is 4. The second-order valence-electron chi connectivity index (χ2n) is 5.85. The highest BCUT2D eigenvalue weighted by molar-refractivity contribution is 6.16. The van der Waals surface area contributed by atoms with Crippen molar-refractivity contribution in [2.75, 3.05) is 0 Å². The van der Waals surface area contributed by atoms with E-state index in [4.69, 9.17) is 0 Å². The number of phenols is 1. The van der Waals surface area contributed by atoms with Gasteiger partial charge in [0.25, 0.3) is 5.91 Å². The van der Waals surface area contributed by atoms with Crippen LogP contribution in [0.3, 0.4) is 0 Å². The van der Waals surface area contributed by atoms with Crippen LogP contribution >= 0.6 is 0 Å². The number of para-hydroxylation sites is 1. The van der Waals surface area contributed by atoms with E-state index in [-0.39, 0.29) is 23.5 Å². The molecule has 0 aromatic heterocycles. The molecule has 0 saturated heterocycles. The van der Waals surface area contributed by atoms with Gasteiger partial charge < -0.3 is 5.11 Å². The Hall–Kier alpha value is -3.73. The van der Waals surface area contributed by atoms with Gasteiger partial charge in [-0.1, -0.05) is 72.8 Å². The zero-order valence-corrected chi connectivity index (χ0v) is 14.5. The van der Waals surface area contributed by atoms with Crippen molar-refractivity contribution >= 4 is 17.4 Å². The van der Waals surface area contributed by atoms with E-state index in [0.29, 0.717) is 11.3 Å². The predicted molar refractivity (Wildman–Crippen MR) is 104 cm³/mol. The quantitative estimate of drug-likeness (QED) is 0.400. The fourth-order valence-electron chi connectivity index (χ4n) is 2.56. The van der Waals surface area contributed by atoms with Gasteiger partial charge >= 0.3 is 0 Å². The van der Waals surface area contributed by atoms with E-state index in [9.17, 15) is 14.7 Å². The Morgan fingerprint density at radius 2 is 1.33 bits per heavy atom. The lowest BCUT2D eigenvalue weighted by Crippen LogP contribution is -2.21. The maximum Gasteiger partial charge on any atom is 0.275 e. The Morgan fingerprint density at radius 1 is 0.778 bits per heavy atom. The van der Waals surface area contributed by atoms with Gasteiger partial charge in [-0.2, -0.15) is 5.10 Å². The third kappa shape index (κ3) is 4.67. The molecule has 0 atom stereocenters. The minimum Gasteiger partial charge on any atom is -0.507 e. The molecular weight excluding hydrogens is 340 g/mol. The number of nitrogens with zero attached hydrogens (tertiary/aromatic N) is 1. The third-order valence-electron chi connectivity index (χ3n) is 3.97. The highest BCUT2D eigenvalue weighted by Crippen LogP contribution is 2.15. The van der Waals surface area contributed by atoms with Crippen molar-refractivity contribution in [3.8, 4) is 5.75 Å². The standard InChI is InChI=1S/C22H18N2O3/c25-20-14-8-7-13-18(20)22(27)24-23-19(16-9-3-1-4-10-16)15-21(26)17-11-5-2-6-12-17/h1-14,25H,15H2,(H,24,27). The maximum atomic E-state index is 12.6. The van der Waals surface area contributed by atoms with Crippen LogP contribution in [0.5, 0.6) is 5.75 Å². The number of carbonyl (C=O) groups excluding carboxylic acids is 2. The molecule has 0 saturated carbocycles. The van der Waals surface area contributed by atoms with Gasteiger partial charge in [-0.15, -0.1) is 0 Å². The first kappa shape index (κ1) is 18.1. The second-order valence-corrected chi connectivity index (χ2v) is 5.85. The summed E-state index contributed by atoms with van der Waals surface area (Å²) in [5.41, 5.74) is 4.30. The monoisotopic (exact) mass is 358 g/mol. The summed E-state index contributed by atoms with van der Waals surface area (Å²) >= 11 is 0. The first-order valence-corrected chi connectivity index (χ1v) is 8.43. The smallest absolute Gasteiger partial charge is 0.275 e. The van der Waals surface area contributed by atoms with E-state index in [2.05, 4.69) is 10.5 Å². The molecule has 3 aromatic rings. The van der Waals surface area contributed by atoms with Crippen LogP contribution in [0.25, 0.3) is 0 Å². The molecular formula is C22H18N2O3. The lowest BCUT2D eigenvalue weighted by molar-refractivity contribution is 0.0948. The molecule has 0 bridgehead atoms. The summed E-state index contributed by atoms with van der Waals surface area (Å²) < 4.78 is 0. The number of Topliss-reactive ketones (excluding diaryl/α,β-unsaturated/α-hetero) is 1. The number of amides is 1. The van der Waals surface area contributed by atoms with Crippen LogP contribution in [-0.4, -0.2) is 22.5 Å². The fraction of sp³-hybridized carbons (Fsp3) is 0.0455. The lowest BCUT2D eigenvalue weighted by Gasteiger charge is -2.08. The van der Waals surface area contributed by atoms with Crippen LogP contribution in [0.4, 0.5) is 0 Å². The van der Waals surface area contributed by atoms with E-state index in [1.807, 2.05) is 36.4 Å². The molecule has 3 aromatic carbocycles. The highest BCUT2D eigenvalue weighted by atomic mass is 16.3. The first-order valence-electron chi connectivity index (χ1n) is 8.43. The van der Waals surface area contributed by atoms with Crippen molar-refractivity contribution in [3.05, 3.63) is 102 Å². The van der Waals surface area contributed by atoms with Crippen LogP contribution in [0.1, 0.15) is 32.7 Å². The van der Waals surface area contributed by atoms with E-state index in [1.54, 1.807) is 36.4 Å². The number of phenolic OH excluding ortho intramolecular Hbond substituents is 1. The molecule has 0 aliphatic carbocycles. The summed E-state index contributed by atoms with van der Waals surface area (Å²) in [5.74, 6) is -0.782. The molecule has 1 amide bonds. The third-order valence-corrected chi connectivity index (χ3v) is 3.97. The van der Waals surface area contributed by atoms with Gasteiger partial charge in [0.1, 0.15) is 5.75 Å². The lowest BCUT2D eigenvalue weighted by atomic mass is 10.0. The van der Waals surface area contributed by atoms with Gasteiger partial charge in [-0.3, -0.25) is 9.59 Å². The van der Waals surface area contributed by atoms with E-state index >= 15 is 0 Å². The number of hydrazone groups is 1. The van der Waals surface area contributed by atoms with E-state index in [0.717, 1.165) is 5.56 Å². The Kier molecular flexibility index (Phi) is 5.74. The van der Waals surface area contributed by atoms with Crippen LogP contribution in [0.2, 0.25) is 0 Å². The summed E-state index contributed by atoms with van der Waals surface area (Å²) in [6.45, 7) is 0. The highest BCUT2D eigenvalue weighted by Gasteiger charge is 2.14. The molecule has 0 fully saturated rings. The summed E-state index contributed by atoms with van der Waals surface area (Å²) in [6, 6.07) is 24.3. The Balaban J connectivity index is 1.84. The average Bonchev–Trinajstić information content (AvgIpc) is 2.72. The van der Waals surface area contributed by atoms with Crippen molar-refractivity contribution in [1.29, 1.82) is 0 Å². The van der Waals surface area contributed by atoms with Crippen molar-refractivity contribution < 1.29 is 14.7 Å². The van der Waals surface area contributed by atoms with Crippen LogP contribution in [-0.2, 0) is 0 Å². The minimum atomic E-state index is -0.548. The molecule has 0 spiro atoms. The molecule has 0 aliphatic rings. The number of aromatic hydroxyl groups is 1. The molecule has 0 radical (unpaired) electrons. The summed E-state index contributed by atoms with van der Waals surface area (Å²) in [7, 11) is 0. The summed E-state index contributed by atoms with van der Waals surface area (Å²) in [6.07, 6.45) is 0.0368. The number of nitrogens with one attached hydrogen (secondary N) is 1. The maximum absolute atomic E-state index is 12.6. The van der Waals surface area contributed by atoms with Gasteiger partial charge in [-0.05, 0) is 17.7 Å². The molecule has 134 valence electrons. The zero-order chi connectivity index (χ0) is 19.1. The molecule has 0 unspecified atom stereocenters. The molecule has 0 aliphatic heterocycles. The van der Waals surface area contributed by atoms with Crippen molar-refractivity contribution in [1.82, 2.24) is 5.43 Å². The number of hydrogen-bond donors (Lipinski definition) is 2. The van der Waals surface area contributed by atoms with Crippen molar-refractivity contribution in [2.24, 2.45) is 5.10 Å². The Labute approximate surface area is 157 Å². The van der Waals surface area contributed by atoms with Gasteiger partial charge in [0.2, 0.25) is 0 Å². The predicted octanol–water partition coefficient (Wildman–Crippen LogP) is 3.80. The molecule has 2 N–H and O–H groups in total. The summed E-state index contributed by atoms with van der Waals surface area (Å²) in [4.78, 5) is 24.9.